The molecule has 2 rings (SSSR count). The quantitative estimate of drug-likeness (QED) is 0.612. The van der Waals surface area contributed by atoms with Gasteiger partial charge >= 0.3 is 5.76 Å². The number of hydrogen-bond acceptors (Lipinski definition) is 2. The molecule has 0 atom stereocenters. The van der Waals surface area contributed by atoms with Crippen molar-refractivity contribution in [2.24, 2.45) is 0 Å². The molecular weight excluding hydrogens is 142 g/mol. The van der Waals surface area contributed by atoms with Gasteiger partial charge in [0.2, 0.25) is 0 Å². The second-order valence-corrected chi connectivity index (χ2v) is 2.35. The molecule has 0 aliphatic heterocycles. The van der Waals surface area contributed by atoms with Crippen molar-refractivity contribution in [3.63, 3.8) is 0 Å². The first-order valence-electron chi connectivity index (χ1n) is 3.20. The lowest BCUT2D eigenvalue weighted by Gasteiger charge is -1.87. The Balaban J connectivity index is 2.92. The van der Waals surface area contributed by atoms with Crippen LogP contribution in [0.5, 0.6) is 0 Å². The summed E-state index contributed by atoms with van der Waals surface area (Å²) >= 11 is 0. The van der Waals surface area contributed by atoms with Gasteiger partial charge in [-0.3, -0.25) is 4.98 Å². The normalized spacial score (nSPS) is 10.6. The molecule has 11 heavy (non-hydrogen) atoms. The molecule has 0 aliphatic carbocycles. The van der Waals surface area contributed by atoms with Gasteiger partial charge in [-0.1, -0.05) is 6.07 Å². The van der Waals surface area contributed by atoms with E-state index in [0.717, 1.165) is 5.56 Å². The molecule has 2 aromatic rings. The maximum absolute atomic E-state index is 10.7. The molecule has 55 valence electrons. The van der Waals surface area contributed by atoms with Crippen LogP contribution in [0.25, 0.3) is 11.1 Å². The van der Waals surface area contributed by atoms with Gasteiger partial charge in [0.1, 0.15) is 0 Å². The number of oxazole rings is 1. The minimum atomic E-state index is -0.425. The largest absolute Gasteiger partial charge is 0.417 e. The Morgan fingerprint density at radius 3 is 3.09 bits per heavy atom. The number of rotatable bonds is 0. The second-order valence-electron chi connectivity index (χ2n) is 2.35. The lowest BCUT2D eigenvalue weighted by molar-refractivity contribution is 0.555. The lowest BCUT2D eigenvalue weighted by atomic mass is 10.2. The maximum Gasteiger partial charge on any atom is 0.417 e. The first-order valence-corrected chi connectivity index (χ1v) is 3.20. The number of H-pyrrole nitrogens is 1. The summed E-state index contributed by atoms with van der Waals surface area (Å²) in [4.78, 5) is 13.2. The van der Waals surface area contributed by atoms with Gasteiger partial charge in [-0.05, 0) is 24.6 Å². The van der Waals surface area contributed by atoms with Crippen LogP contribution in [-0.2, 0) is 0 Å². The molecule has 0 unspecified atom stereocenters. The lowest BCUT2D eigenvalue weighted by Crippen LogP contribution is -1.92. The number of fused-ring (bicyclic) bond motifs is 1. The smallest absolute Gasteiger partial charge is 0.408 e. The summed E-state index contributed by atoms with van der Waals surface area (Å²) in [5.41, 5.74) is 2.10. The van der Waals surface area contributed by atoms with Crippen LogP contribution in [0.1, 0.15) is 5.56 Å². The van der Waals surface area contributed by atoms with Gasteiger partial charge in [-0.25, -0.2) is 4.79 Å². The molecule has 1 aromatic carbocycles. The molecule has 1 N–H and O–H groups in total. The van der Waals surface area contributed by atoms with Gasteiger partial charge in [0.15, 0.2) is 5.58 Å². The van der Waals surface area contributed by atoms with Crippen LogP contribution in [0, 0.1) is 6.92 Å². The van der Waals surface area contributed by atoms with Gasteiger partial charge in [0, 0.05) is 0 Å². The van der Waals surface area contributed by atoms with Gasteiger partial charge in [0.25, 0.3) is 0 Å². The van der Waals surface area contributed by atoms with Crippen molar-refractivity contribution in [1.82, 2.24) is 4.98 Å². The number of hydrogen-bond donors (Lipinski definition) is 1. The van der Waals surface area contributed by atoms with Crippen LogP contribution in [0.4, 0.5) is 0 Å². The first kappa shape index (κ1) is 6.22. The monoisotopic (exact) mass is 148 g/mol. The molecule has 0 bridgehead atoms. The summed E-state index contributed by atoms with van der Waals surface area (Å²) < 4.78 is 4.80. The van der Waals surface area contributed by atoms with Crippen molar-refractivity contribution in [2.45, 2.75) is 0 Å². The molecule has 0 saturated carbocycles. The van der Waals surface area contributed by atoms with E-state index in [2.05, 4.69) is 11.9 Å². The fourth-order valence-corrected chi connectivity index (χ4v) is 0.990. The van der Waals surface area contributed by atoms with Crippen molar-refractivity contribution in [3.8, 4) is 0 Å². The summed E-state index contributed by atoms with van der Waals surface area (Å²) in [6.45, 7) is 3.70. The summed E-state index contributed by atoms with van der Waals surface area (Å²) in [6.07, 6.45) is 0. The summed E-state index contributed by atoms with van der Waals surface area (Å²) in [6, 6.07) is 5.30. The Morgan fingerprint density at radius 2 is 2.27 bits per heavy atom. The van der Waals surface area contributed by atoms with Crippen molar-refractivity contribution in [2.75, 3.05) is 0 Å². The highest BCUT2D eigenvalue weighted by Crippen LogP contribution is 2.10. The van der Waals surface area contributed by atoms with Gasteiger partial charge in [0.05, 0.1) is 5.52 Å². The highest BCUT2D eigenvalue weighted by Gasteiger charge is 1.98. The van der Waals surface area contributed by atoms with Crippen LogP contribution in [0.2, 0.25) is 0 Å². The van der Waals surface area contributed by atoms with Crippen molar-refractivity contribution < 1.29 is 4.42 Å². The Kier molecular flexibility index (Phi) is 1.12. The Bertz CT molecular complexity index is 439. The second kappa shape index (κ2) is 1.99. The fourth-order valence-electron chi connectivity index (χ4n) is 0.990. The van der Waals surface area contributed by atoms with Crippen LogP contribution < -0.4 is 5.76 Å². The minimum absolute atomic E-state index is 0.425. The molecule has 3 nitrogen and oxygen atoms in total. The first-order chi connectivity index (χ1) is 5.25. The Labute approximate surface area is 62.7 Å². The molecule has 0 aliphatic rings. The molecular formula is C8H6NO2. The predicted molar refractivity (Wildman–Crippen MR) is 41.3 cm³/mol. The molecule has 3 heteroatoms. The van der Waals surface area contributed by atoms with E-state index in [1.54, 1.807) is 12.1 Å². The topological polar surface area (TPSA) is 46.0 Å². The standard InChI is InChI=1S/C8H6NO2/c1-5-2-3-6-7(4-5)11-8(10)9-6/h2-4H,1H2,(H,9,10). The van der Waals surface area contributed by atoms with E-state index in [-0.39, 0.29) is 0 Å². The zero-order chi connectivity index (χ0) is 7.84. The minimum Gasteiger partial charge on any atom is -0.408 e. The van der Waals surface area contributed by atoms with Crippen LogP contribution >= 0.6 is 0 Å². The number of nitrogens with one attached hydrogen (secondary N) is 1. The SMILES string of the molecule is [CH2]c1ccc2[nH]c(=O)oc2c1. The number of benzene rings is 1. The molecule has 1 heterocycles. The Morgan fingerprint density at radius 1 is 1.45 bits per heavy atom. The maximum atomic E-state index is 10.7. The van der Waals surface area contributed by atoms with E-state index < -0.39 is 5.76 Å². The zero-order valence-electron chi connectivity index (χ0n) is 5.76. The van der Waals surface area contributed by atoms with Gasteiger partial charge < -0.3 is 4.42 Å². The number of aromatic amines is 1. The van der Waals surface area contributed by atoms with Crippen molar-refractivity contribution in [1.29, 1.82) is 0 Å². The summed E-state index contributed by atoms with van der Waals surface area (Å²) in [5, 5.41) is 0. The average molecular weight is 148 g/mol. The van der Waals surface area contributed by atoms with E-state index in [0.29, 0.717) is 11.1 Å². The van der Waals surface area contributed by atoms with Crippen molar-refractivity contribution >= 4 is 11.1 Å². The van der Waals surface area contributed by atoms with E-state index in [4.69, 9.17) is 4.42 Å². The third kappa shape index (κ3) is 0.941. The predicted octanol–water partition coefficient (Wildman–Crippen LogP) is 1.30. The van der Waals surface area contributed by atoms with Gasteiger partial charge in [-0.15, -0.1) is 0 Å². The zero-order valence-corrected chi connectivity index (χ0v) is 5.76. The third-order valence-electron chi connectivity index (χ3n) is 1.49. The highest BCUT2D eigenvalue weighted by molar-refractivity contribution is 5.72. The molecule has 0 spiro atoms. The Hall–Kier alpha value is -1.51. The van der Waals surface area contributed by atoms with E-state index in [1.807, 2.05) is 6.07 Å². The van der Waals surface area contributed by atoms with E-state index in [1.165, 1.54) is 0 Å². The fraction of sp³-hybridized carbons (Fsp3) is 0. The van der Waals surface area contributed by atoms with E-state index >= 15 is 0 Å². The summed E-state index contributed by atoms with van der Waals surface area (Å²) in [7, 11) is 0. The van der Waals surface area contributed by atoms with Crippen LogP contribution in [-0.4, -0.2) is 4.98 Å². The highest BCUT2D eigenvalue weighted by atomic mass is 16.4. The third-order valence-corrected chi connectivity index (χ3v) is 1.49. The number of aromatic nitrogens is 1. The van der Waals surface area contributed by atoms with Crippen LogP contribution in [0.3, 0.4) is 0 Å². The molecule has 0 saturated heterocycles. The summed E-state index contributed by atoms with van der Waals surface area (Å²) in [5.74, 6) is -0.425. The van der Waals surface area contributed by atoms with E-state index in [9.17, 15) is 4.79 Å². The van der Waals surface area contributed by atoms with Crippen molar-refractivity contribution in [3.05, 3.63) is 41.2 Å². The molecule has 1 aromatic heterocycles. The average Bonchev–Trinajstić information content (AvgIpc) is 2.27. The molecule has 0 amide bonds. The van der Waals surface area contributed by atoms with Crippen LogP contribution in [0.15, 0.2) is 27.4 Å². The molecule has 1 radical (unpaired) electrons. The van der Waals surface area contributed by atoms with Gasteiger partial charge in [-0.2, -0.15) is 0 Å². The molecule has 0 fully saturated rings.